The fourth-order valence-electron chi connectivity index (χ4n) is 3.01. The first-order valence-corrected chi connectivity index (χ1v) is 10.2. The number of nitrogens with one attached hydrogen (secondary N) is 1. The Bertz CT molecular complexity index is 1090. The van der Waals surface area contributed by atoms with Crippen LogP contribution < -0.4 is 5.32 Å². The van der Waals surface area contributed by atoms with Gasteiger partial charge in [-0.25, -0.2) is 15.0 Å². The molecule has 28 heavy (non-hydrogen) atoms. The summed E-state index contributed by atoms with van der Waals surface area (Å²) in [7, 11) is 0. The minimum Gasteiger partial charge on any atom is -0.322 e. The molecule has 0 saturated carbocycles. The van der Waals surface area contributed by atoms with Crippen LogP contribution in [-0.2, 0) is 17.1 Å². The van der Waals surface area contributed by atoms with Crippen molar-refractivity contribution in [1.29, 1.82) is 0 Å². The van der Waals surface area contributed by atoms with Crippen LogP contribution in [0.25, 0.3) is 22.4 Å². The van der Waals surface area contributed by atoms with Gasteiger partial charge in [0.15, 0.2) is 5.82 Å². The lowest BCUT2D eigenvalue weighted by molar-refractivity contribution is -0.116. The second-order valence-corrected chi connectivity index (χ2v) is 7.11. The van der Waals surface area contributed by atoms with Gasteiger partial charge in [0.25, 0.3) is 0 Å². The van der Waals surface area contributed by atoms with Crippen LogP contribution in [0.15, 0.2) is 67.0 Å². The maximum Gasteiger partial charge on any atom is 0.244 e. The van der Waals surface area contributed by atoms with Gasteiger partial charge >= 0.3 is 0 Å². The van der Waals surface area contributed by atoms with Gasteiger partial charge < -0.3 is 9.88 Å². The molecule has 7 heteroatoms. The fraction of sp³-hybridized carbons (Fsp3) is 0.143. The van der Waals surface area contributed by atoms with Crippen LogP contribution in [0.1, 0.15) is 5.82 Å². The quantitative estimate of drug-likeness (QED) is 0.540. The van der Waals surface area contributed by atoms with E-state index in [9.17, 15) is 4.79 Å². The molecule has 2 aromatic heterocycles. The highest BCUT2D eigenvalue weighted by molar-refractivity contribution is 7.97. The van der Waals surface area contributed by atoms with Crippen molar-refractivity contribution in [2.75, 3.05) is 11.6 Å². The second kappa shape index (κ2) is 8.22. The highest BCUT2D eigenvalue weighted by Crippen LogP contribution is 2.19. The van der Waals surface area contributed by atoms with Gasteiger partial charge in [-0.05, 0) is 18.4 Å². The molecule has 0 atom stereocenters. The van der Waals surface area contributed by atoms with E-state index in [4.69, 9.17) is 0 Å². The Hall–Kier alpha value is -3.19. The minimum atomic E-state index is -0.137. The first kappa shape index (κ1) is 18.2. The normalized spacial score (nSPS) is 10.9. The van der Waals surface area contributed by atoms with Gasteiger partial charge in [-0.3, -0.25) is 4.79 Å². The Morgan fingerprint density at radius 2 is 1.75 bits per heavy atom. The summed E-state index contributed by atoms with van der Waals surface area (Å²) in [4.78, 5) is 26.0. The molecule has 0 saturated heterocycles. The van der Waals surface area contributed by atoms with Crippen molar-refractivity contribution in [1.82, 2.24) is 19.5 Å². The summed E-state index contributed by atoms with van der Waals surface area (Å²) in [6.45, 7) is 0.191. The average Bonchev–Trinajstić information content (AvgIpc) is 3.07. The van der Waals surface area contributed by atoms with E-state index in [0.717, 1.165) is 28.2 Å². The van der Waals surface area contributed by atoms with E-state index >= 15 is 0 Å². The summed E-state index contributed by atoms with van der Waals surface area (Å²) in [6, 6.07) is 17.6. The Balaban J connectivity index is 1.50. The molecule has 2 aromatic carbocycles. The lowest BCUT2D eigenvalue weighted by Crippen LogP contribution is -2.20. The third-order valence-electron chi connectivity index (χ3n) is 4.28. The molecule has 0 aliphatic rings. The largest absolute Gasteiger partial charge is 0.322 e. The number of hydrogen-bond acceptors (Lipinski definition) is 5. The van der Waals surface area contributed by atoms with E-state index < -0.39 is 0 Å². The van der Waals surface area contributed by atoms with Crippen LogP contribution in [-0.4, -0.2) is 31.7 Å². The lowest BCUT2D eigenvalue weighted by atomic mass is 10.2. The summed E-state index contributed by atoms with van der Waals surface area (Å²) in [5.41, 5.74) is 3.36. The van der Waals surface area contributed by atoms with E-state index in [1.54, 1.807) is 24.2 Å². The number of benzene rings is 2. The van der Waals surface area contributed by atoms with Crippen LogP contribution >= 0.6 is 11.8 Å². The fourth-order valence-corrected chi connectivity index (χ4v) is 3.49. The second-order valence-electron chi connectivity index (χ2n) is 6.25. The number of carbonyl (C=O) groups excluding carboxylic acids is 1. The molecule has 140 valence electrons. The Morgan fingerprint density at radius 3 is 2.50 bits per heavy atom. The van der Waals surface area contributed by atoms with E-state index in [0.29, 0.717) is 11.5 Å². The van der Waals surface area contributed by atoms with Crippen molar-refractivity contribution in [2.45, 2.75) is 12.3 Å². The topological polar surface area (TPSA) is 72.7 Å². The Morgan fingerprint density at radius 1 is 1.04 bits per heavy atom. The Labute approximate surface area is 167 Å². The van der Waals surface area contributed by atoms with Gasteiger partial charge in [0, 0.05) is 5.56 Å². The van der Waals surface area contributed by atoms with Gasteiger partial charge in [-0.2, -0.15) is 11.8 Å². The van der Waals surface area contributed by atoms with E-state index in [2.05, 4.69) is 20.3 Å². The summed E-state index contributed by atoms with van der Waals surface area (Å²) in [6.07, 6.45) is 5.28. The number of anilines is 1. The van der Waals surface area contributed by atoms with Gasteiger partial charge in [-0.15, -0.1) is 0 Å². The minimum absolute atomic E-state index is 0.137. The molecule has 0 bridgehead atoms. The zero-order valence-electron chi connectivity index (χ0n) is 15.4. The molecule has 4 rings (SSSR count). The van der Waals surface area contributed by atoms with Crippen molar-refractivity contribution in [3.05, 3.63) is 72.8 Å². The third kappa shape index (κ3) is 3.89. The van der Waals surface area contributed by atoms with Gasteiger partial charge in [-0.1, -0.05) is 42.5 Å². The number of aromatic nitrogens is 4. The van der Waals surface area contributed by atoms with Crippen LogP contribution in [0, 0.1) is 0 Å². The molecular weight excluding hydrogens is 370 g/mol. The monoisotopic (exact) mass is 389 g/mol. The molecule has 2 heterocycles. The van der Waals surface area contributed by atoms with E-state index in [1.807, 2.05) is 65.4 Å². The van der Waals surface area contributed by atoms with Crippen molar-refractivity contribution >= 4 is 34.4 Å². The number of carbonyl (C=O) groups is 1. The number of para-hydroxylation sites is 2. The molecule has 0 spiro atoms. The molecule has 0 aliphatic heterocycles. The molecule has 6 nitrogen and oxygen atoms in total. The number of rotatable bonds is 6. The van der Waals surface area contributed by atoms with E-state index in [1.165, 1.54) is 0 Å². The lowest BCUT2D eigenvalue weighted by Gasteiger charge is -2.09. The SMILES string of the molecule is CSCc1nc2ccccc2n1CC(=O)Nc1cnc(-c2ccccc2)nc1. The highest BCUT2D eigenvalue weighted by Gasteiger charge is 2.13. The van der Waals surface area contributed by atoms with Crippen molar-refractivity contribution in [3.63, 3.8) is 0 Å². The van der Waals surface area contributed by atoms with Gasteiger partial charge in [0.1, 0.15) is 12.4 Å². The number of fused-ring (bicyclic) bond motifs is 1. The smallest absolute Gasteiger partial charge is 0.244 e. The molecule has 4 aromatic rings. The first-order chi connectivity index (χ1) is 13.7. The predicted octanol–water partition coefficient (Wildman–Crippen LogP) is 4.00. The van der Waals surface area contributed by atoms with Crippen molar-refractivity contribution in [3.8, 4) is 11.4 Å². The molecule has 0 unspecified atom stereocenters. The number of hydrogen-bond donors (Lipinski definition) is 1. The van der Waals surface area contributed by atoms with Crippen LogP contribution in [0.2, 0.25) is 0 Å². The zero-order chi connectivity index (χ0) is 19.3. The third-order valence-corrected chi connectivity index (χ3v) is 4.82. The summed E-state index contributed by atoms with van der Waals surface area (Å²) in [5.74, 6) is 2.12. The van der Waals surface area contributed by atoms with E-state index in [-0.39, 0.29) is 12.5 Å². The number of amides is 1. The molecule has 0 aliphatic carbocycles. The summed E-state index contributed by atoms with van der Waals surface area (Å²) < 4.78 is 1.96. The van der Waals surface area contributed by atoms with Crippen molar-refractivity contribution < 1.29 is 4.79 Å². The van der Waals surface area contributed by atoms with Crippen molar-refractivity contribution in [2.24, 2.45) is 0 Å². The maximum absolute atomic E-state index is 12.6. The molecular formula is C21H19N5OS. The van der Waals surface area contributed by atoms with Gasteiger partial charge in [0.05, 0.1) is 34.9 Å². The zero-order valence-corrected chi connectivity index (χ0v) is 16.2. The number of imidazole rings is 1. The van der Waals surface area contributed by atoms with Crippen LogP contribution in [0.5, 0.6) is 0 Å². The Kier molecular flexibility index (Phi) is 5.34. The highest BCUT2D eigenvalue weighted by atomic mass is 32.2. The summed E-state index contributed by atoms with van der Waals surface area (Å²) >= 11 is 1.68. The number of thioether (sulfide) groups is 1. The maximum atomic E-state index is 12.6. The molecule has 1 N–H and O–H groups in total. The van der Waals surface area contributed by atoms with Crippen LogP contribution in [0.3, 0.4) is 0 Å². The predicted molar refractivity (Wildman–Crippen MR) is 113 cm³/mol. The van der Waals surface area contributed by atoms with Crippen LogP contribution in [0.4, 0.5) is 5.69 Å². The summed E-state index contributed by atoms with van der Waals surface area (Å²) in [5, 5.41) is 2.87. The molecule has 0 radical (unpaired) electrons. The van der Waals surface area contributed by atoms with Gasteiger partial charge in [0.2, 0.25) is 5.91 Å². The number of nitrogens with zero attached hydrogens (tertiary/aromatic N) is 4. The standard InChI is InChI=1S/C21H19N5OS/c1-28-14-19-25-17-9-5-6-10-18(17)26(19)13-20(27)24-16-11-22-21(23-12-16)15-7-3-2-4-8-15/h2-12H,13-14H2,1H3,(H,24,27). The molecule has 1 amide bonds. The first-order valence-electron chi connectivity index (χ1n) is 8.85. The average molecular weight is 389 g/mol. The molecule has 0 fully saturated rings.